The average molecular weight is 1010 g/mol. The first-order chi connectivity index (χ1) is 19.7. The Morgan fingerprint density at radius 1 is 1.07 bits per heavy atom. The Balaban J connectivity index is 1.57. The number of aliphatic hydroxyl groups excluding tert-OH is 1. The van der Waals surface area contributed by atoms with E-state index in [1.54, 1.807) is 10.9 Å². The zero-order valence-corrected chi connectivity index (χ0v) is 32.0. The van der Waals surface area contributed by atoms with Crippen molar-refractivity contribution in [3.8, 4) is 11.4 Å². The molecule has 3 atom stereocenters. The largest absolute Gasteiger partial charge is 0.471 e. The number of halogens is 4. The number of likely N-dealkylation sites (tertiary alicyclic amines) is 1. The Morgan fingerprint density at radius 3 is 2.39 bits per heavy atom. The molecule has 2 heterocycles. The Labute approximate surface area is 282 Å². The number of hydrogen-bond acceptors (Lipinski definition) is 5. The van der Waals surface area contributed by atoms with Gasteiger partial charge in [-0.3, -0.25) is 9.69 Å². The Kier molecular flexibility index (Phi) is 12.4. The summed E-state index contributed by atoms with van der Waals surface area (Å²) >= 11 is -1.31. The van der Waals surface area contributed by atoms with Gasteiger partial charge in [-0.2, -0.15) is 5.10 Å². The summed E-state index contributed by atoms with van der Waals surface area (Å²) < 4.78 is 27.5. The number of piperidine rings is 1. The van der Waals surface area contributed by atoms with Gasteiger partial charge in [0.2, 0.25) is 0 Å². The van der Waals surface area contributed by atoms with Gasteiger partial charge in [-0.05, 0) is 43.0 Å². The maximum absolute atomic E-state index is 13.4. The first-order valence-electron chi connectivity index (χ1n) is 12.9. The number of ether oxygens (including phenoxy) is 1. The SMILES string of the molecule is C=Ic1ccc(-n2cc(C(=O)Nc3ccc(CN4C[C@@H](C)C(O)[C@@H](C)C4)c(OC(I=C)I=C)c3)c(C)n2)cc1I=C. The molecule has 1 amide bonds. The molecule has 222 valence electrons. The average Bonchev–Trinajstić information content (AvgIpc) is 3.36. The van der Waals surface area contributed by atoms with Crippen LogP contribution in [0.2, 0.25) is 0 Å². The van der Waals surface area contributed by atoms with Gasteiger partial charge >= 0.3 is 0 Å². The molecule has 2 N–H and O–H groups in total. The van der Waals surface area contributed by atoms with Crippen LogP contribution < -0.4 is 10.1 Å². The van der Waals surface area contributed by atoms with Crippen molar-refractivity contribution in [1.82, 2.24) is 14.7 Å². The Bertz CT molecular complexity index is 1450. The normalized spacial score (nSPS) is 19.4. The van der Waals surface area contributed by atoms with E-state index in [1.807, 2.05) is 31.2 Å². The number of hydrogen-bond donors (Lipinski definition) is 2. The highest BCUT2D eigenvalue weighted by Crippen LogP contribution is 2.33. The summed E-state index contributed by atoms with van der Waals surface area (Å²) in [6.45, 7) is 8.44. The topological polar surface area (TPSA) is 79.6 Å². The van der Waals surface area contributed by atoms with E-state index in [2.05, 4.69) is 59.4 Å². The zero-order valence-electron chi connectivity index (χ0n) is 23.4. The molecule has 1 aromatic heterocycles. The van der Waals surface area contributed by atoms with E-state index >= 15 is 0 Å². The Morgan fingerprint density at radius 2 is 1.76 bits per heavy atom. The van der Waals surface area contributed by atoms with E-state index in [-0.39, 0.29) is 109 Å². The number of aryl methyl sites for hydroxylation is 1. The molecule has 0 bridgehead atoms. The number of anilines is 1. The number of aliphatic hydroxyl groups is 1. The summed E-state index contributed by atoms with van der Waals surface area (Å²) in [6, 6.07) is 12.2. The van der Waals surface area contributed by atoms with Crippen molar-refractivity contribution >= 4 is 113 Å². The van der Waals surface area contributed by atoms with Gasteiger partial charge in [-0.15, -0.1) is 0 Å². The van der Waals surface area contributed by atoms with Gasteiger partial charge in [0.15, 0.2) is 2.12 Å². The lowest BCUT2D eigenvalue weighted by molar-refractivity contribution is -0.0109. The number of carbonyl (C=O) groups is 1. The highest BCUT2D eigenvalue weighted by Gasteiger charge is 2.30. The van der Waals surface area contributed by atoms with Gasteiger partial charge < -0.3 is 15.2 Å². The first kappa shape index (κ1) is 33.1. The number of nitrogens with one attached hydrogen (secondary N) is 1. The number of aromatic nitrogens is 2. The maximum Gasteiger partial charge on any atom is 0.259 e. The minimum atomic E-state index is -0.369. The van der Waals surface area contributed by atoms with E-state index in [0.717, 1.165) is 36.6 Å². The van der Waals surface area contributed by atoms with Gasteiger partial charge in [-0.25, -0.2) is 4.68 Å². The predicted octanol–water partition coefficient (Wildman–Crippen LogP) is 6.49. The summed E-state index contributed by atoms with van der Waals surface area (Å²) in [4.78, 5) is 15.8. The molecular formula is C30H36I4N4O3. The van der Waals surface area contributed by atoms with E-state index < -0.39 is 0 Å². The third-order valence-corrected chi connectivity index (χ3v) is 17.9. The zero-order chi connectivity index (χ0) is 29.7. The van der Waals surface area contributed by atoms with Gasteiger partial charge in [0.1, 0.15) is 5.75 Å². The molecule has 1 saturated heterocycles. The lowest BCUT2D eigenvalue weighted by Gasteiger charge is -2.39. The summed E-state index contributed by atoms with van der Waals surface area (Å²) in [6.07, 6.45) is 1.52. The van der Waals surface area contributed by atoms with Crippen LogP contribution in [-0.4, -0.2) is 65.1 Å². The second kappa shape index (κ2) is 15.3. The van der Waals surface area contributed by atoms with Crippen LogP contribution >= 0.6 is 82.9 Å². The number of carbonyl (C=O) groups excluding carboxylic acids is 1. The fraction of sp³-hybridized carbons (Fsp3) is 0.333. The molecule has 4 rings (SSSR count). The molecule has 11 heteroatoms. The van der Waals surface area contributed by atoms with E-state index in [9.17, 15) is 9.90 Å². The highest BCUT2D eigenvalue weighted by atomic mass is 127. The van der Waals surface area contributed by atoms with Crippen LogP contribution in [0, 0.1) is 25.9 Å². The summed E-state index contributed by atoms with van der Waals surface area (Å²) in [5.74, 6) is 0.987. The van der Waals surface area contributed by atoms with Crippen LogP contribution in [-0.2, 0) is 6.54 Å². The molecule has 41 heavy (non-hydrogen) atoms. The van der Waals surface area contributed by atoms with Crippen molar-refractivity contribution in [2.75, 3.05) is 18.4 Å². The third kappa shape index (κ3) is 8.25. The molecule has 0 radical (unpaired) electrons. The smallest absolute Gasteiger partial charge is 0.259 e. The van der Waals surface area contributed by atoms with E-state index in [0.29, 0.717) is 16.9 Å². The lowest BCUT2D eigenvalue weighted by atomic mass is 9.88. The molecular weight excluding hydrogens is 972 g/mol. The molecule has 1 unspecified atom stereocenters. The number of nitrogens with zero attached hydrogens (tertiary/aromatic N) is 3. The number of amides is 1. The molecule has 0 saturated carbocycles. The van der Waals surface area contributed by atoms with Crippen molar-refractivity contribution in [1.29, 1.82) is 0 Å². The van der Waals surface area contributed by atoms with Gasteiger partial charge in [-0.1, -0.05) is 121 Å². The third-order valence-electron chi connectivity index (χ3n) is 7.04. The lowest BCUT2D eigenvalue weighted by Crippen LogP contribution is -2.46. The van der Waals surface area contributed by atoms with Crippen molar-refractivity contribution in [2.45, 2.75) is 35.5 Å². The van der Waals surface area contributed by atoms with E-state index in [1.165, 1.54) is 7.14 Å². The molecule has 1 aliphatic heterocycles. The molecule has 7 nitrogen and oxygen atoms in total. The molecule has 2 aromatic carbocycles. The Hall–Kier alpha value is -0.760. The quantitative estimate of drug-likeness (QED) is 0.170. The van der Waals surface area contributed by atoms with Crippen molar-refractivity contribution in [3.05, 3.63) is 66.6 Å². The molecule has 0 spiro atoms. The van der Waals surface area contributed by atoms with Crippen LogP contribution in [0.3, 0.4) is 0 Å². The number of rotatable bonds is 11. The van der Waals surface area contributed by atoms with Crippen LogP contribution in [0.25, 0.3) is 5.69 Å². The van der Waals surface area contributed by atoms with Gasteiger partial charge in [0.25, 0.3) is 5.91 Å². The van der Waals surface area contributed by atoms with Crippen molar-refractivity contribution < 1.29 is 14.6 Å². The van der Waals surface area contributed by atoms with Crippen LogP contribution in [0.4, 0.5) is 5.69 Å². The highest BCUT2D eigenvalue weighted by molar-refractivity contribution is 14.3. The standard InChI is InChI=1S/C30H36I4N4O3/c1-18-14-37(15-19(2)28(18)39)16-21-8-9-22(12-27(21)41-30(33-6)34-7)35-29(40)24-17-38(36-20(24)3)23-10-11-25(31-4)26(13-23)32-5/h8-13,17-19,28,30,39H,4-7,14-16H2,1-3H3,(H,35,40)/t18-,19+,28?. The second-order valence-corrected chi connectivity index (χ2v) is 20.3. The van der Waals surface area contributed by atoms with E-state index in [4.69, 9.17) is 4.74 Å². The summed E-state index contributed by atoms with van der Waals surface area (Å²) in [5.41, 5.74) is 3.86. The minimum absolute atomic E-state index is 0.0985. The van der Waals surface area contributed by atoms with Crippen molar-refractivity contribution in [2.24, 2.45) is 11.8 Å². The second-order valence-electron chi connectivity index (χ2n) is 10.0. The summed E-state index contributed by atoms with van der Waals surface area (Å²) in [7, 11) is 0. The number of alkyl halides is 2. The summed E-state index contributed by atoms with van der Waals surface area (Å²) in [5, 5.41) is 18.1. The molecule has 3 aromatic rings. The monoisotopic (exact) mass is 1010 g/mol. The predicted molar refractivity (Wildman–Crippen MR) is 209 cm³/mol. The van der Waals surface area contributed by atoms with Gasteiger partial charge in [0.05, 0.1) is 23.0 Å². The minimum Gasteiger partial charge on any atom is -0.471 e. The van der Waals surface area contributed by atoms with Crippen LogP contribution in [0.15, 0.2) is 42.6 Å². The first-order valence-corrected chi connectivity index (χ1v) is 23.6. The molecule has 1 aliphatic rings. The van der Waals surface area contributed by atoms with Crippen molar-refractivity contribution in [3.63, 3.8) is 0 Å². The number of benzene rings is 2. The van der Waals surface area contributed by atoms with Crippen LogP contribution in [0.1, 0.15) is 35.5 Å². The van der Waals surface area contributed by atoms with Crippen LogP contribution in [0.5, 0.6) is 5.75 Å². The molecule has 0 aliphatic carbocycles. The fourth-order valence-corrected chi connectivity index (χ4v) is 11.7. The maximum atomic E-state index is 13.4. The fourth-order valence-electron chi connectivity index (χ4n) is 4.96. The molecule has 1 fully saturated rings. The van der Waals surface area contributed by atoms with Gasteiger partial charge in [0, 0.05) is 50.3 Å².